The largest absolute Gasteiger partial charge is 0.461 e. The lowest BCUT2D eigenvalue weighted by atomic mass is 9.68. The number of dihydropyridines is 1. The second-order valence-electron chi connectivity index (χ2n) is 8.28. The Morgan fingerprint density at radius 1 is 1.31 bits per heavy atom. The quantitative estimate of drug-likeness (QED) is 0.441. The van der Waals surface area contributed by atoms with Crippen molar-refractivity contribution in [3.63, 3.8) is 0 Å². The van der Waals surface area contributed by atoms with Crippen LogP contribution < -0.4 is 5.32 Å². The molecule has 0 fully saturated rings. The minimum Gasteiger partial charge on any atom is -0.461 e. The van der Waals surface area contributed by atoms with E-state index < -0.39 is 5.92 Å². The first kappa shape index (κ1) is 22.2. The van der Waals surface area contributed by atoms with Gasteiger partial charge in [-0.3, -0.25) is 4.79 Å². The summed E-state index contributed by atoms with van der Waals surface area (Å²) in [4.78, 5) is 26.3. The molecular formula is C23H28BrNO3S. The fourth-order valence-electron chi connectivity index (χ4n) is 4.14. The van der Waals surface area contributed by atoms with Crippen LogP contribution in [0.3, 0.4) is 0 Å². The summed E-state index contributed by atoms with van der Waals surface area (Å²) in [6, 6.07) is 7.80. The van der Waals surface area contributed by atoms with E-state index in [1.165, 1.54) is 0 Å². The fourth-order valence-corrected chi connectivity index (χ4v) is 5.15. The van der Waals surface area contributed by atoms with Crippen LogP contribution in [0.25, 0.3) is 0 Å². The van der Waals surface area contributed by atoms with E-state index in [1.54, 1.807) is 11.8 Å². The summed E-state index contributed by atoms with van der Waals surface area (Å²) in [5, 5.41) is 3.37. The highest BCUT2D eigenvalue weighted by Gasteiger charge is 2.43. The first-order chi connectivity index (χ1) is 13.7. The molecule has 1 heterocycles. The predicted molar refractivity (Wildman–Crippen MR) is 122 cm³/mol. The van der Waals surface area contributed by atoms with Crippen molar-refractivity contribution >= 4 is 39.4 Å². The van der Waals surface area contributed by atoms with E-state index in [0.717, 1.165) is 39.4 Å². The molecule has 1 N–H and O–H groups in total. The first-order valence-corrected chi connectivity index (χ1v) is 11.9. The summed E-state index contributed by atoms with van der Waals surface area (Å²) in [6.45, 7) is 8.56. The van der Waals surface area contributed by atoms with Gasteiger partial charge in [0.25, 0.3) is 0 Å². The summed E-state index contributed by atoms with van der Waals surface area (Å²) >= 11 is 5.36. The number of carbonyl (C=O) groups is 2. The Labute approximate surface area is 185 Å². The van der Waals surface area contributed by atoms with E-state index in [-0.39, 0.29) is 17.2 Å². The average Bonchev–Trinajstić information content (AvgIpc) is 2.63. The van der Waals surface area contributed by atoms with Crippen LogP contribution in [0.1, 0.15) is 52.0 Å². The summed E-state index contributed by atoms with van der Waals surface area (Å²) in [5.41, 5.74) is 3.76. The van der Waals surface area contributed by atoms with Crippen molar-refractivity contribution in [3.05, 3.63) is 56.8 Å². The maximum absolute atomic E-state index is 13.2. The van der Waals surface area contributed by atoms with Crippen LogP contribution in [0, 0.1) is 5.41 Å². The highest BCUT2D eigenvalue weighted by molar-refractivity contribution is 9.10. The number of allylic oxidation sites excluding steroid dienone is 3. The number of ketones is 1. The Morgan fingerprint density at radius 3 is 2.72 bits per heavy atom. The molecule has 1 aromatic carbocycles. The molecule has 0 amide bonds. The molecule has 1 atom stereocenters. The number of benzene rings is 1. The third-order valence-corrected chi connectivity index (χ3v) is 6.93. The number of hydrogen-bond donors (Lipinski definition) is 1. The smallest absolute Gasteiger partial charge is 0.336 e. The van der Waals surface area contributed by atoms with E-state index in [9.17, 15) is 9.59 Å². The highest BCUT2D eigenvalue weighted by atomic mass is 79.9. The number of hydrogen-bond acceptors (Lipinski definition) is 5. The molecule has 0 radical (unpaired) electrons. The standard InChI is InChI=1S/C23H28BrNO3S/c1-5-29-11-10-28-22(27)19-14(2)25-17-12-23(3,4)13-18(26)21(17)20(19)15-8-6-7-9-16(15)24/h6-9,20,25H,5,10-13H2,1-4H3. The molecular weight excluding hydrogens is 450 g/mol. The Morgan fingerprint density at radius 2 is 2.03 bits per heavy atom. The summed E-state index contributed by atoms with van der Waals surface area (Å²) in [6.07, 6.45) is 1.25. The minimum absolute atomic E-state index is 0.100. The van der Waals surface area contributed by atoms with Gasteiger partial charge < -0.3 is 10.1 Å². The van der Waals surface area contributed by atoms with Gasteiger partial charge in [0, 0.05) is 39.5 Å². The van der Waals surface area contributed by atoms with Crippen molar-refractivity contribution in [2.45, 2.75) is 46.5 Å². The van der Waals surface area contributed by atoms with Crippen molar-refractivity contribution in [1.29, 1.82) is 0 Å². The van der Waals surface area contributed by atoms with E-state index in [2.05, 4.69) is 42.0 Å². The maximum Gasteiger partial charge on any atom is 0.336 e. The Hall–Kier alpha value is -1.53. The third kappa shape index (κ3) is 4.80. The third-order valence-electron chi connectivity index (χ3n) is 5.34. The van der Waals surface area contributed by atoms with Gasteiger partial charge >= 0.3 is 5.97 Å². The van der Waals surface area contributed by atoms with Crippen molar-refractivity contribution in [2.75, 3.05) is 18.1 Å². The molecule has 1 aliphatic heterocycles. The molecule has 156 valence electrons. The first-order valence-electron chi connectivity index (χ1n) is 9.98. The lowest BCUT2D eigenvalue weighted by molar-refractivity contribution is -0.138. The Bertz CT molecular complexity index is 888. The van der Waals surface area contributed by atoms with Gasteiger partial charge in [0.2, 0.25) is 0 Å². The van der Waals surface area contributed by atoms with Gasteiger partial charge in [-0.15, -0.1) is 0 Å². The van der Waals surface area contributed by atoms with Crippen LogP contribution in [-0.2, 0) is 14.3 Å². The number of halogens is 1. The highest BCUT2D eigenvalue weighted by Crippen LogP contribution is 2.48. The number of nitrogens with one attached hydrogen (secondary N) is 1. The van der Waals surface area contributed by atoms with E-state index in [4.69, 9.17) is 4.74 Å². The van der Waals surface area contributed by atoms with Gasteiger partial charge in [0.15, 0.2) is 5.78 Å². The van der Waals surface area contributed by atoms with Gasteiger partial charge in [0.1, 0.15) is 6.61 Å². The van der Waals surface area contributed by atoms with Crippen LogP contribution in [0.15, 0.2) is 51.3 Å². The lowest BCUT2D eigenvalue weighted by Crippen LogP contribution is -2.38. The van der Waals surface area contributed by atoms with Crippen LogP contribution >= 0.6 is 27.7 Å². The SMILES string of the molecule is CCSCCOC(=O)C1=C(C)NC2=C(C(=O)CC(C)(C)C2)C1c1ccccc1Br. The van der Waals surface area contributed by atoms with Crippen molar-refractivity contribution in [1.82, 2.24) is 5.32 Å². The molecule has 1 aromatic rings. The van der Waals surface area contributed by atoms with Gasteiger partial charge in [-0.25, -0.2) is 4.79 Å². The molecule has 29 heavy (non-hydrogen) atoms. The van der Waals surface area contributed by atoms with Crippen LogP contribution in [0.2, 0.25) is 0 Å². The number of esters is 1. The predicted octanol–water partition coefficient (Wildman–Crippen LogP) is 5.35. The normalized spacial score (nSPS) is 21.0. The van der Waals surface area contributed by atoms with Crippen LogP contribution in [0.5, 0.6) is 0 Å². The van der Waals surface area contributed by atoms with E-state index in [1.807, 2.05) is 31.2 Å². The molecule has 6 heteroatoms. The summed E-state index contributed by atoms with van der Waals surface area (Å²) in [7, 11) is 0. The molecule has 0 saturated heterocycles. The van der Waals surface area contributed by atoms with Crippen molar-refractivity contribution in [2.24, 2.45) is 5.41 Å². The summed E-state index contributed by atoms with van der Waals surface area (Å²) in [5.74, 6) is 1.08. The molecule has 1 unspecified atom stereocenters. The number of Topliss-reactive ketones (excluding diaryl/α,β-unsaturated/α-hetero) is 1. The van der Waals surface area contributed by atoms with Crippen molar-refractivity contribution < 1.29 is 14.3 Å². The Kier molecular flexibility index (Phi) is 6.94. The fraction of sp³-hybridized carbons (Fsp3) is 0.478. The zero-order valence-electron chi connectivity index (χ0n) is 17.4. The number of ether oxygens (including phenoxy) is 1. The monoisotopic (exact) mass is 477 g/mol. The average molecular weight is 478 g/mol. The molecule has 1 aliphatic carbocycles. The second kappa shape index (κ2) is 9.09. The van der Waals surface area contributed by atoms with Gasteiger partial charge in [0.05, 0.1) is 5.57 Å². The molecule has 2 aliphatic rings. The van der Waals surface area contributed by atoms with E-state index in [0.29, 0.717) is 24.2 Å². The minimum atomic E-state index is -0.420. The Balaban J connectivity index is 2.05. The molecule has 0 saturated carbocycles. The maximum atomic E-state index is 13.2. The molecule has 4 nitrogen and oxygen atoms in total. The molecule has 0 spiro atoms. The van der Waals surface area contributed by atoms with Gasteiger partial charge in [-0.2, -0.15) is 11.8 Å². The summed E-state index contributed by atoms with van der Waals surface area (Å²) < 4.78 is 6.48. The number of carbonyl (C=O) groups excluding carboxylic acids is 2. The van der Waals surface area contributed by atoms with Crippen LogP contribution in [0.4, 0.5) is 0 Å². The number of rotatable bonds is 6. The van der Waals surface area contributed by atoms with Crippen molar-refractivity contribution in [3.8, 4) is 0 Å². The van der Waals surface area contributed by atoms with Gasteiger partial charge in [-0.1, -0.05) is 54.9 Å². The zero-order chi connectivity index (χ0) is 21.2. The number of thioether (sulfide) groups is 1. The second-order valence-corrected chi connectivity index (χ2v) is 10.5. The zero-order valence-corrected chi connectivity index (χ0v) is 19.8. The topological polar surface area (TPSA) is 55.4 Å². The van der Waals surface area contributed by atoms with E-state index >= 15 is 0 Å². The molecule has 3 rings (SSSR count). The van der Waals surface area contributed by atoms with Crippen LogP contribution in [-0.4, -0.2) is 29.9 Å². The van der Waals surface area contributed by atoms with Gasteiger partial charge in [-0.05, 0) is 36.1 Å². The lowest BCUT2D eigenvalue weighted by Gasteiger charge is -2.39. The molecule has 0 aromatic heterocycles. The molecule has 0 bridgehead atoms.